The first-order chi connectivity index (χ1) is 10.2. The van der Waals surface area contributed by atoms with Gasteiger partial charge in [0.05, 0.1) is 18.3 Å². The summed E-state index contributed by atoms with van der Waals surface area (Å²) in [5, 5.41) is 3.29. The second kappa shape index (κ2) is 8.03. The van der Waals surface area contributed by atoms with Crippen LogP contribution in [0.2, 0.25) is 0 Å². The molecule has 2 rings (SSSR count). The zero-order valence-electron chi connectivity index (χ0n) is 12.9. The van der Waals surface area contributed by atoms with Crippen molar-refractivity contribution in [1.29, 1.82) is 0 Å². The van der Waals surface area contributed by atoms with E-state index in [1.165, 1.54) is 19.4 Å². The predicted molar refractivity (Wildman–Crippen MR) is 82.7 cm³/mol. The minimum atomic E-state index is -0.271. The van der Waals surface area contributed by atoms with Gasteiger partial charge in [-0.2, -0.15) is 0 Å². The first kappa shape index (κ1) is 15.8. The number of ether oxygens (including phenoxy) is 2. The molecule has 21 heavy (non-hydrogen) atoms. The molecule has 1 saturated heterocycles. The van der Waals surface area contributed by atoms with Crippen LogP contribution in [0.1, 0.15) is 49.9 Å². The van der Waals surface area contributed by atoms with Gasteiger partial charge in [0.25, 0.3) is 0 Å². The van der Waals surface area contributed by atoms with Crippen LogP contribution < -0.4 is 10.1 Å². The third-order valence-electron chi connectivity index (χ3n) is 3.68. The van der Waals surface area contributed by atoms with Crippen LogP contribution in [0.3, 0.4) is 0 Å². The topological polar surface area (TPSA) is 57.5 Å². The van der Waals surface area contributed by atoms with E-state index in [4.69, 9.17) is 9.47 Å². The van der Waals surface area contributed by atoms with Crippen molar-refractivity contribution in [3.63, 3.8) is 0 Å². The second-order valence-corrected chi connectivity index (χ2v) is 5.60. The predicted octanol–water partition coefficient (Wildman–Crippen LogP) is 3.16. The second-order valence-electron chi connectivity index (χ2n) is 5.60. The lowest BCUT2D eigenvalue weighted by Gasteiger charge is -2.11. The summed E-state index contributed by atoms with van der Waals surface area (Å²) in [6.07, 6.45) is 4.27. The molecule has 0 aliphatic carbocycles. The molecule has 0 aromatic heterocycles. The monoisotopic (exact) mass is 291 g/mol. The lowest BCUT2D eigenvalue weighted by Crippen LogP contribution is -2.13. The number of rotatable bonds is 9. The molecular weight excluding hydrogens is 266 g/mol. The molecule has 1 aromatic carbocycles. The van der Waals surface area contributed by atoms with Gasteiger partial charge in [0, 0.05) is 12.6 Å². The summed E-state index contributed by atoms with van der Waals surface area (Å²) in [5.41, 5.74) is 0.572. The van der Waals surface area contributed by atoms with E-state index in [0.717, 1.165) is 31.2 Å². The van der Waals surface area contributed by atoms with Crippen molar-refractivity contribution >= 4 is 5.97 Å². The van der Waals surface area contributed by atoms with Gasteiger partial charge >= 0.3 is 5.97 Å². The van der Waals surface area contributed by atoms with E-state index < -0.39 is 0 Å². The first-order valence-electron chi connectivity index (χ1n) is 7.86. The number of carbonyl (C=O) groups is 1. The van der Waals surface area contributed by atoms with Gasteiger partial charge in [-0.1, -0.05) is 6.92 Å². The number of hydrogen-bond acceptors (Lipinski definition) is 4. The van der Waals surface area contributed by atoms with Crippen molar-refractivity contribution in [2.24, 2.45) is 0 Å². The summed E-state index contributed by atoms with van der Waals surface area (Å²) in [6.45, 7) is 5.79. The van der Waals surface area contributed by atoms with Crippen LogP contribution in [0.5, 0.6) is 5.75 Å². The van der Waals surface area contributed by atoms with Crippen LogP contribution in [-0.4, -0.2) is 31.3 Å². The van der Waals surface area contributed by atoms with Gasteiger partial charge in [0.1, 0.15) is 5.75 Å². The van der Waals surface area contributed by atoms with Gasteiger partial charge in [-0.15, -0.1) is 0 Å². The Labute approximate surface area is 126 Å². The van der Waals surface area contributed by atoms with Crippen molar-refractivity contribution in [2.75, 3.05) is 13.2 Å². The minimum absolute atomic E-state index is 0.0469. The Bertz CT molecular complexity index is 440. The molecule has 4 heteroatoms. The molecule has 1 N–H and O–H groups in total. The van der Waals surface area contributed by atoms with Gasteiger partial charge in [-0.25, -0.2) is 4.79 Å². The summed E-state index contributed by atoms with van der Waals surface area (Å²) < 4.78 is 11.0. The normalized spacial score (nSPS) is 18.1. The summed E-state index contributed by atoms with van der Waals surface area (Å²) >= 11 is 0. The van der Waals surface area contributed by atoms with Crippen LogP contribution in [0.4, 0.5) is 0 Å². The third kappa shape index (κ3) is 5.76. The van der Waals surface area contributed by atoms with Crippen molar-refractivity contribution in [3.8, 4) is 5.75 Å². The van der Waals surface area contributed by atoms with Crippen LogP contribution in [-0.2, 0) is 4.74 Å². The molecule has 1 aliphatic rings. The lowest BCUT2D eigenvalue weighted by atomic mass is 10.2. The molecule has 0 bridgehead atoms. The van der Waals surface area contributed by atoms with Crippen molar-refractivity contribution < 1.29 is 14.3 Å². The largest absolute Gasteiger partial charge is 0.494 e. The highest BCUT2D eigenvalue weighted by Crippen LogP contribution is 2.15. The highest BCUT2D eigenvalue weighted by atomic mass is 16.5. The van der Waals surface area contributed by atoms with Crippen LogP contribution in [0.25, 0.3) is 0 Å². The van der Waals surface area contributed by atoms with Gasteiger partial charge in [-0.05, 0) is 56.9 Å². The quantitative estimate of drug-likeness (QED) is 0.431. The fourth-order valence-electron chi connectivity index (χ4n) is 1.99. The molecule has 4 nitrogen and oxygen atoms in total. The lowest BCUT2D eigenvalue weighted by molar-refractivity contribution is 0.0334. The number of nitrogens with one attached hydrogen (secondary N) is 1. The fourth-order valence-corrected chi connectivity index (χ4v) is 1.99. The smallest absolute Gasteiger partial charge is 0.338 e. The van der Waals surface area contributed by atoms with E-state index in [1.807, 2.05) is 26.0 Å². The third-order valence-corrected chi connectivity index (χ3v) is 3.68. The highest BCUT2D eigenvalue weighted by Gasteiger charge is 2.18. The molecule has 0 radical (unpaired) electrons. The van der Waals surface area contributed by atoms with Gasteiger partial charge in [-0.3, -0.25) is 0 Å². The van der Waals surface area contributed by atoms with E-state index in [9.17, 15) is 4.79 Å². The van der Waals surface area contributed by atoms with Crippen LogP contribution >= 0.6 is 0 Å². The number of carbonyl (C=O) groups excluding carboxylic acids is 1. The van der Waals surface area contributed by atoms with Crippen LogP contribution in [0, 0.1) is 0 Å². The standard InChI is InChI=1S/C17H25NO3/c1-3-13(2)21-17(19)14-7-9-16(10-8-14)20-11-5-4-6-15-12-18-15/h7-10,13,15,18H,3-6,11-12H2,1-2H3. The van der Waals surface area contributed by atoms with Crippen LogP contribution in [0.15, 0.2) is 24.3 Å². The molecule has 1 fully saturated rings. The zero-order valence-corrected chi connectivity index (χ0v) is 12.9. The Morgan fingerprint density at radius 1 is 1.33 bits per heavy atom. The molecule has 0 spiro atoms. The van der Waals surface area contributed by atoms with E-state index in [0.29, 0.717) is 5.56 Å². The molecule has 0 saturated carbocycles. The average Bonchev–Trinajstić information content (AvgIpc) is 3.31. The van der Waals surface area contributed by atoms with Crippen molar-refractivity contribution in [2.45, 2.75) is 51.7 Å². The summed E-state index contributed by atoms with van der Waals surface area (Å²) in [7, 11) is 0. The SMILES string of the molecule is CCC(C)OC(=O)c1ccc(OCCCCC2CN2)cc1. The Kier molecular flexibility index (Phi) is 6.05. The summed E-state index contributed by atoms with van der Waals surface area (Å²) in [4.78, 5) is 11.8. The number of benzene rings is 1. The molecule has 1 aromatic rings. The molecule has 2 atom stereocenters. The average molecular weight is 291 g/mol. The van der Waals surface area contributed by atoms with Gasteiger partial charge < -0.3 is 14.8 Å². The first-order valence-corrected chi connectivity index (χ1v) is 7.86. The van der Waals surface area contributed by atoms with Gasteiger partial charge in [0.15, 0.2) is 0 Å². The maximum absolute atomic E-state index is 11.8. The maximum atomic E-state index is 11.8. The Hall–Kier alpha value is -1.55. The fraction of sp³-hybridized carbons (Fsp3) is 0.588. The summed E-state index contributed by atoms with van der Waals surface area (Å²) in [6, 6.07) is 7.92. The Morgan fingerprint density at radius 3 is 2.67 bits per heavy atom. The zero-order chi connectivity index (χ0) is 15.1. The molecule has 0 amide bonds. The minimum Gasteiger partial charge on any atom is -0.494 e. The number of esters is 1. The van der Waals surface area contributed by atoms with E-state index in [2.05, 4.69) is 5.32 Å². The molecule has 2 unspecified atom stereocenters. The van der Waals surface area contributed by atoms with Crippen molar-refractivity contribution in [3.05, 3.63) is 29.8 Å². The molecule has 1 aliphatic heterocycles. The molecule has 116 valence electrons. The van der Waals surface area contributed by atoms with E-state index in [-0.39, 0.29) is 12.1 Å². The highest BCUT2D eigenvalue weighted by molar-refractivity contribution is 5.89. The summed E-state index contributed by atoms with van der Waals surface area (Å²) in [5.74, 6) is 0.535. The Balaban J connectivity index is 1.69. The Morgan fingerprint density at radius 2 is 2.05 bits per heavy atom. The van der Waals surface area contributed by atoms with E-state index in [1.54, 1.807) is 12.1 Å². The maximum Gasteiger partial charge on any atom is 0.338 e. The number of unbranched alkanes of at least 4 members (excludes halogenated alkanes) is 1. The molecular formula is C17H25NO3. The molecule has 1 heterocycles. The van der Waals surface area contributed by atoms with E-state index >= 15 is 0 Å². The van der Waals surface area contributed by atoms with Gasteiger partial charge in [0.2, 0.25) is 0 Å². The van der Waals surface area contributed by atoms with Crippen molar-refractivity contribution in [1.82, 2.24) is 5.32 Å². The number of hydrogen-bond donors (Lipinski definition) is 1.